The number of aromatic hydroxyl groups is 2. The van der Waals surface area contributed by atoms with E-state index >= 15 is 0 Å². The number of benzene rings is 2. The number of phenols is 2. The molecule has 130 valence electrons. The fourth-order valence-electron chi connectivity index (χ4n) is 3.09. The van der Waals surface area contributed by atoms with Gasteiger partial charge in [-0.3, -0.25) is 4.79 Å². The lowest BCUT2D eigenvalue weighted by Gasteiger charge is -2.10. The van der Waals surface area contributed by atoms with Crippen LogP contribution < -0.4 is 0 Å². The highest BCUT2D eigenvalue weighted by molar-refractivity contribution is 6.05. The molecule has 0 atom stereocenters. The van der Waals surface area contributed by atoms with Crippen molar-refractivity contribution in [2.75, 3.05) is 0 Å². The number of ketones is 1. The second-order valence-electron chi connectivity index (χ2n) is 6.64. The Balaban J connectivity index is 2.00. The highest BCUT2D eigenvalue weighted by atomic mass is 16.3. The van der Waals surface area contributed by atoms with E-state index in [0.29, 0.717) is 11.8 Å². The Morgan fingerprint density at radius 3 is 2.29 bits per heavy atom. The van der Waals surface area contributed by atoms with Crippen LogP contribution in [0.5, 0.6) is 11.5 Å². The average molecular weight is 328 g/mol. The first kappa shape index (κ1) is 18.3. The summed E-state index contributed by atoms with van der Waals surface area (Å²) in [6, 6.07) is 7.26. The maximum Gasteiger partial charge on any atom is 0.169 e. The lowest BCUT2D eigenvalue weighted by atomic mass is 9.97. The zero-order valence-electron chi connectivity index (χ0n) is 14.8. The number of unbranched alkanes of at least 4 members (excludes halogenated alkanes) is 6. The first-order chi connectivity index (χ1) is 11.5. The Kier molecular flexibility index (Phi) is 6.65. The minimum Gasteiger partial charge on any atom is -0.504 e. The van der Waals surface area contributed by atoms with E-state index in [9.17, 15) is 15.0 Å². The first-order valence-corrected chi connectivity index (χ1v) is 9.03. The number of hydrogen-bond donors (Lipinski definition) is 2. The number of carbonyl (C=O) groups is 1. The van der Waals surface area contributed by atoms with Crippen molar-refractivity contribution in [2.45, 2.75) is 65.2 Å². The van der Waals surface area contributed by atoms with Crippen molar-refractivity contribution in [1.29, 1.82) is 0 Å². The van der Waals surface area contributed by atoms with E-state index in [1.165, 1.54) is 25.7 Å². The Labute approximate surface area is 144 Å². The number of fused-ring (bicyclic) bond motifs is 1. The number of hydrogen-bond acceptors (Lipinski definition) is 3. The van der Waals surface area contributed by atoms with Crippen LogP contribution in [-0.4, -0.2) is 16.0 Å². The van der Waals surface area contributed by atoms with Gasteiger partial charge in [-0.05, 0) is 24.8 Å². The van der Waals surface area contributed by atoms with Gasteiger partial charge in [0.1, 0.15) is 0 Å². The normalized spacial score (nSPS) is 11.1. The van der Waals surface area contributed by atoms with Gasteiger partial charge in [0, 0.05) is 11.8 Å². The van der Waals surface area contributed by atoms with Crippen LogP contribution in [-0.2, 0) is 0 Å². The number of phenolic OH excluding ortho intramolecular Hbond substituents is 2. The maximum atomic E-state index is 12.4. The molecule has 0 unspecified atom stereocenters. The van der Waals surface area contributed by atoms with Crippen LogP contribution in [0.2, 0.25) is 0 Å². The molecule has 24 heavy (non-hydrogen) atoms. The molecular formula is C21H28O3. The predicted octanol–water partition coefficient (Wildman–Crippen LogP) is 5.88. The summed E-state index contributed by atoms with van der Waals surface area (Å²) < 4.78 is 0. The summed E-state index contributed by atoms with van der Waals surface area (Å²) in [6.07, 6.45) is 8.45. The van der Waals surface area contributed by atoms with Crippen LogP contribution in [0.3, 0.4) is 0 Å². The van der Waals surface area contributed by atoms with Crippen molar-refractivity contribution >= 4 is 16.6 Å². The molecule has 0 saturated heterocycles. The molecule has 3 nitrogen and oxygen atoms in total. The van der Waals surface area contributed by atoms with Gasteiger partial charge in [0.15, 0.2) is 17.3 Å². The molecule has 3 heteroatoms. The van der Waals surface area contributed by atoms with Gasteiger partial charge in [-0.15, -0.1) is 0 Å². The van der Waals surface area contributed by atoms with Gasteiger partial charge in [0.25, 0.3) is 0 Å². The largest absolute Gasteiger partial charge is 0.504 e. The minimum atomic E-state index is -0.292. The van der Waals surface area contributed by atoms with Crippen LogP contribution >= 0.6 is 0 Å². The number of Topliss-reactive ketones (excluding diaryl/α,β-unsaturated/α-hetero) is 1. The fourth-order valence-corrected chi connectivity index (χ4v) is 3.09. The van der Waals surface area contributed by atoms with E-state index in [-0.39, 0.29) is 22.8 Å². The average Bonchev–Trinajstić information content (AvgIpc) is 2.57. The number of aryl methyl sites for hydroxylation is 1. The van der Waals surface area contributed by atoms with Gasteiger partial charge >= 0.3 is 0 Å². The highest BCUT2D eigenvalue weighted by Gasteiger charge is 2.17. The molecule has 0 amide bonds. The van der Waals surface area contributed by atoms with Gasteiger partial charge in [0.05, 0.1) is 5.56 Å². The van der Waals surface area contributed by atoms with Gasteiger partial charge in [-0.25, -0.2) is 0 Å². The molecule has 2 aromatic rings. The van der Waals surface area contributed by atoms with Gasteiger partial charge in [-0.2, -0.15) is 0 Å². The first-order valence-electron chi connectivity index (χ1n) is 9.03. The molecule has 0 heterocycles. The molecule has 0 saturated carbocycles. The summed E-state index contributed by atoms with van der Waals surface area (Å²) in [5, 5.41) is 21.7. The molecule has 0 bridgehead atoms. The molecule has 0 radical (unpaired) electrons. The summed E-state index contributed by atoms with van der Waals surface area (Å²) in [7, 11) is 0. The third kappa shape index (κ3) is 4.50. The van der Waals surface area contributed by atoms with Crippen LogP contribution in [0.1, 0.15) is 74.2 Å². The molecule has 0 fully saturated rings. The van der Waals surface area contributed by atoms with E-state index < -0.39 is 0 Å². The van der Waals surface area contributed by atoms with Crippen LogP contribution in [0.15, 0.2) is 24.3 Å². The number of carbonyl (C=O) groups excluding carboxylic acids is 1. The SMILES string of the molecule is CCCCCCCCCC(=O)c1cc2cc(C)ccc2c(O)c1O. The third-order valence-corrected chi connectivity index (χ3v) is 4.55. The van der Waals surface area contributed by atoms with Gasteiger partial charge in [0.2, 0.25) is 0 Å². The predicted molar refractivity (Wildman–Crippen MR) is 99.0 cm³/mol. The van der Waals surface area contributed by atoms with Crippen LogP contribution in [0.4, 0.5) is 0 Å². The van der Waals surface area contributed by atoms with E-state index in [4.69, 9.17) is 0 Å². The van der Waals surface area contributed by atoms with E-state index in [2.05, 4.69) is 6.92 Å². The topological polar surface area (TPSA) is 57.5 Å². The van der Waals surface area contributed by atoms with Gasteiger partial charge in [-0.1, -0.05) is 69.2 Å². The molecule has 2 rings (SSSR count). The van der Waals surface area contributed by atoms with Crippen LogP contribution in [0.25, 0.3) is 10.8 Å². The van der Waals surface area contributed by atoms with Crippen molar-refractivity contribution in [3.63, 3.8) is 0 Å². The summed E-state index contributed by atoms with van der Waals surface area (Å²) in [5.41, 5.74) is 1.29. The van der Waals surface area contributed by atoms with E-state index in [1.54, 1.807) is 12.1 Å². The smallest absolute Gasteiger partial charge is 0.169 e. The fraction of sp³-hybridized carbons (Fsp3) is 0.476. The standard InChI is InChI=1S/C21H28O3/c1-3-4-5-6-7-8-9-10-19(22)18-14-16-13-15(2)11-12-17(16)20(23)21(18)24/h11-14,23-24H,3-10H2,1-2H3. The minimum absolute atomic E-state index is 0.0974. The molecule has 0 spiro atoms. The monoisotopic (exact) mass is 328 g/mol. The molecule has 0 aliphatic rings. The Bertz CT molecular complexity index is 704. The molecular weight excluding hydrogens is 300 g/mol. The lowest BCUT2D eigenvalue weighted by Crippen LogP contribution is -2.00. The highest BCUT2D eigenvalue weighted by Crippen LogP contribution is 2.38. The number of rotatable bonds is 9. The summed E-state index contributed by atoms with van der Waals surface area (Å²) in [5.74, 6) is -0.588. The second-order valence-corrected chi connectivity index (χ2v) is 6.64. The summed E-state index contributed by atoms with van der Waals surface area (Å²) in [4.78, 5) is 12.4. The Morgan fingerprint density at radius 1 is 0.917 bits per heavy atom. The van der Waals surface area contributed by atoms with Crippen molar-refractivity contribution < 1.29 is 15.0 Å². The van der Waals surface area contributed by atoms with Crippen LogP contribution in [0, 0.1) is 6.92 Å². The summed E-state index contributed by atoms with van der Waals surface area (Å²) >= 11 is 0. The Hall–Kier alpha value is -2.03. The lowest BCUT2D eigenvalue weighted by molar-refractivity contribution is 0.0976. The van der Waals surface area contributed by atoms with E-state index in [1.807, 2.05) is 19.1 Å². The van der Waals surface area contributed by atoms with Crippen molar-refractivity contribution in [1.82, 2.24) is 0 Å². The molecule has 2 N–H and O–H groups in total. The Morgan fingerprint density at radius 2 is 1.58 bits per heavy atom. The zero-order chi connectivity index (χ0) is 17.5. The third-order valence-electron chi connectivity index (χ3n) is 4.55. The zero-order valence-corrected chi connectivity index (χ0v) is 14.8. The van der Waals surface area contributed by atoms with Crippen molar-refractivity contribution in [3.8, 4) is 11.5 Å². The maximum absolute atomic E-state index is 12.4. The molecule has 0 aliphatic heterocycles. The second kappa shape index (κ2) is 8.72. The summed E-state index contributed by atoms with van der Waals surface area (Å²) in [6.45, 7) is 4.16. The van der Waals surface area contributed by atoms with E-state index in [0.717, 1.165) is 30.2 Å². The van der Waals surface area contributed by atoms with Gasteiger partial charge < -0.3 is 10.2 Å². The van der Waals surface area contributed by atoms with Crippen molar-refractivity contribution in [3.05, 3.63) is 35.4 Å². The quantitative estimate of drug-likeness (QED) is 0.343. The van der Waals surface area contributed by atoms with Crippen molar-refractivity contribution in [2.24, 2.45) is 0 Å². The molecule has 2 aromatic carbocycles. The molecule has 0 aliphatic carbocycles. The molecule has 0 aromatic heterocycles.